The third-order valence-corrected chi connectivity index (χ3v) is 3.15. The number of rotatable bonds is 4. The van der Waals surface area contributed by atoms with Crippen LogP contribution in [-0.4, -0.2) is 27.1 Å². The molecule has 6 heteroatoms. The van der Waals surface area contributed by atoms with Gasteiger partial charge >= 0.3 is 6.01 Å². The molecule has 1 aromatic heterocycles. The van der Waals surface area contributed by atoms with Gasteiger partial charge in [0.25, 0.3) is 0 Å². The van der Waals surface area contributed by atoms with Crippen molar-refractivity contribution in [1.29, 1.82) is 0 Å². The monoisotopic (exact) mass is 251 g/mol. The predicted molar refractivity (Wildman–Crippen MR) is 70.4 cm³/mol. The van der Waals surface area contributed by atoms with Gasteiger partial charge in [0, 0.05) is 6.04 Å². The van der Waals surface area contributed by atoms with Gasteiger partial charge in [-0.05, 0) is 32.6 Å². The number of nitrogens with zero attached hydrogens (tertiary/aromatic N) is 3. The summed E-state index contributed by atoms with van der Waals surface area (Å²) in [5, 5.41) is 3.32. The van der Waals surface area contributed by atoms with Gasteiger partial charge in [-0.25, -0.2) is 0 Å². The number of nitrogen functional groups attached to an aromatic ring is 1. The van der Waals surface area contributed by atoms with Crippen LogP contribution in [0.2, 0.25) is 0 Å². The minimum absolute atomic E-state index is 0.0186. The van der Waals surface area contributed by atoms with Crippen LogP contribution >= 0.6 is 0 Å². The van der Waals surface area contributed by atoms with E-state index in [0.29, 0.717) is 17.9 Å². The molecule has 0 amide bonds. The smallest absolute Gasteiger partial charge is 0.323 e. The summed E-state index contributed by atoms with van der Waals surface area (Å²) in [6, 6.07) is 0.698. The lowest BCUT2D eigenvalue weighted by Crippen LogP contribution is -2.24. The third kappa shape index (κ3) is 3.21. The molecule has 1 fully saturated rings. The average molecular weight is 251 g/mol. The van der Waals surface area contributed by atoms with Crippen molar-refractivity contribution >= 4 is 11.9 Å². The Labute approximate surface area is 107 Å². The maximum absolute atomic E-state index is 5.66. The number of hydrogen-bond donors (Lipinski definition) is 2. The van der Waals surface area contributed by atoms with Crippen LogP contribution in [0.15, 0.2) is 0 Å². The Hall–Kier alpha value is -1.59. The fourth-order valence-electron chi connectivity index (χ4n) is 2.23. The van der Waals surface area contributed by atoms with Crippen molar-refractivity contribution in [2.24, 2.45) is 5.92 Å². The molecule has 0 radical (unpaired) electrons. The van der Waals surface area contributed by atoms with Crippen LogP contribution in [0.5, 0.6) is 6.01 Å². The molecule has 0 spiro atoms. The zero-order valence-corrected chi connectivity index (χ0v) is 11.2. The molecule has 1 aliphatic carbocycles. The van der Waals surface area contributed by atoms with Crippen LogP contribution in [0.4, 0.5) is 11.9 Å². The van der Waals surface area contributed by atoms with Crippen LogP contribution in [0.3, 0.4) is 0 Å². The summed E-state index contributed by atoms with van der Waals surface area (Å²) in [6.45, 7) is 6.08. The lowest BCUT2D eigenvalue weighted by Gasteiger charge is -2.17. The lowest BCUT2D eigenvalue weighted by atomic mass is 10.1. The summed E-state index contributed by atoms with van der Waals surface area (Å²) in [7, 11) is 0. The topological polar surface area (TPSA) is 86.0 Å². The normalized spacial score (nSPS) is 23.3. The maximum atomic E-state index is 5.66. The Morgan fingerprint density at radius 1 is 1.28 bits per heavy atom. The number of anilines is 2. The first kappa shape index (κ1) is 12.9. The third-order valence-electron chi connectivity index (χ3n) is 3.15. The van der Waals surface area contributed by atoms with Gasteiger partial charge in [-0.2, -0.15) is 15.0 Å². The zero-order valence-electron chi connectivity index (χ0n) is 11.2. The number of ether oxygens (including phenoxy) is 1. The summed E-state index contributed by atoms with van der Waals surface area (Å²) in [6.07, 6.45) is 3.65. The van der Waals surface area contributed by atoms with Gasteiger partial charge < -0.3 is 15.8 Å². The molecule has 0 saturated heterocycles. The molecule has 1 heterocycles. The van der Waals surface area contributed by atoms with E-state index in [1.807, 2.05) is 13.8 Å². The van der Waals surface area contributed by atoms with E-state index in [4.69, 9.17) is 10.5 Å². The van der Waals surface area contributed by atoms with Crippen molar-refractivity contribution in [1.82, 2.24) is 15.0 Å². The van der Waals surface area contributed by atoms with Crippen molar-refractivity contribution in [3.63, 3.8) is 0 Å². The Kier molecular flexibility index (Phi) is 3.84. The molecule has 1 aromatic rings. The van der Waals surface area contributed by atoms with E-state index in [2.05, 4.69) is 27.2 Å². The highest BCUT2D eigenvalue weighted by Crippen LogP contribution is 2.27. The van der Waals surface area contributed by atoms with Crippen LogP contribution in [-0.2, 0) is 0 Å². The molecule has 0 bridgehead atoms. The Balaban J connectivity index is 2.09. The largest absolute Gasteiger partial charge is 0.461 e. The van der Waals surface area contributed by atoms with Gasteiger partial charge in [-0.15, -0.1) is 0 Å². The first-order chi connectivity index (χ1) is 8.54. The van der Waals surface area contributed by atoms with E-state index >= 15 is 0 Å². The van der Waals surface area contributed by atoms with Gasteiger partial charge in [0.1, 0.15) is 0 Å². The fraction of sp³-hybridized carbons (Fsp3) is 0.750. The van der Waals surface area contributed by atoms with Crippen molar-refractivity contribution in [2.45, 2.75) is 52.2 Å². The van der Waals surface area contributed by atoms with E-state index in [-0.39, 0.29) is 18.1 Å². The summed E-state index contributed by atoms with van der Waals surface area (Å²) < 4.78 is 5.44. The predicted octanol–water partition coefficient (Wildman–Crippen LogP) is 1.84. The standard InChI is InChI=1S/C12H21N5O/c1-7(2)18-12-16-10(13)15-11(17-12)14-9-6-4-5-8(9)3/h7-9H,4-6H2,1-3H3,(H3,13,14,15,16,17). The minimum atomic E-state index is 0.0186. The second kappa shape index (κ2) is 5.37. The molecule has 2 atom stereocenters. The van der Waals surface area contributed by atoms with Crippen LogP contribution < -0.4 is 15.8 Å². The Bertz CT molecular complexity index is 409. The van der Waals surface area contributed by atoms with E-state index in [1.54, 1.807) is 0 Å². The van der Waals surface area contributed by atoms with Gasteiger partial charge in [-0.3, -0.25) is 0 Å². The van der Waals surface area contributed by atoms with Gasteiger partial charge in [0.15, 0.2) is 0 Å². The van der Waals surface area contributed by atoms with Gasteiger partial charge in [0.2, 0.25) is 11.9 Å². The summed E-state index contributed by atoms with van der Waals surface area (Å²) in [5.41, 5.74) is 5.66. The summed E-state index contributed by atoms with van der Waals surface area (Å²) in [4.78, 5) is 12.3. The molecule has 1 aliphatic rings. The van der Waals surface area contributed by atoms with Gasteiger partial charge in [-0.1, -0.05) is 13.3 Å². The molecule has 0 aliphatic heterocycles. The number of hydrogen-bond acceptors (Lipinski definition) is 6. The molecule has 2 unspecified atom stereocenters. The van der Waals surface area contributed by atoms with E-state index < -0.39 is 0 Å². The van der Waals surface area contributed by atoms with Crippen LogP contribution in [0.25, 0.3) is 0 Å². The number of nitrogens with one attached hydrogen (secondary N) is 1. The molecule has 18 heavy (non-hydrogen) atoms. The Morgan fingerprint density at radius 3 is 2.67 bits per heavy atom. The molecule has 1 saturated carbocycles. The van der Waals surface area contributed by atoms with Crippen LogP contribution in [0.1, 0.15) is 40.0 Å². The SMILES string of the molecule is CC(C)Oc1nc(N)nc(NC2CCCC2C)n1. The summed E-state index contributed by atoms with van der Waals surface area (Å²) in [5.74, 6) is 1.34. The number of aromatic nitrogens is 3. The number of nitrogens with two attached hydrogens (primary N) is 1. The summed E-state index contributed by atoms with van der Waals surface area (Å²) >= 11 is 0. The van der Waals surface area contributed by atoms with Gasteiger partial charge in [0.05, 0.1) is 6.10 Å². The molecule has 2 rings (SSSR count). The highest BCUT2D eigenvalue weighted by Gasteiger charge is 2.24. The van der Waals surface area contributed by atoms with E-state index in [9.17, 15) is 0 Å². The maximum Gasteiger partial charge on any atom is 0.323 e. The lowest BCUT2D eigenvalue weighted by molar-refractivity contribution is 0.222. The molecule has 100 valence electrons. The van der Waals surface area contributed by atoms with E-state index in [1.165, 1.54) is 12.8 Å². The highest BCUT2D eigenvalue weighted by molar-refractivity contribution is 5.34. The fourth-order valence-corrected chi connectivity index (χ4v) is 2.23. The van der Waals surface area contributed by atoms with Crippen molar-refractivity contribution < 1.29 is 4.74 Å². The van der Waals surface area contributed by atoms with Crippen LogP contribution in [0, 0.1) is 5.92 Å². The molecule has 3 N–H and O–H groups in total. The second-order valence-corrected chi connectivity index (χ2v) is 5.13. The quantitative estimate of drug-likeness (QED) is 0.849. The molecule has 6 nitrogen and oxygen atoms in total. The van der Waals surface area contributed by atoms with Crippen molar-refractivity contribution in [3.05, 3.63) is 0 Å². The highest BCUT2D eigenvalue weighted by atomic mass is 16.5. The second-order valence-electron chi connectivity index (χ2n) is 5.13. The average Bonchev–Trinajstić information content (AvgIpc) is 2.62. The Morgan fingerprint density at radius 2 is 2.06 bits per heavy atom. The zero-order chi connectivity index (χ0) is 13.1. The van der Waals surface area contributed by atoms with Crippen molar-refractivity contribution in [3.8, 4) is 6.01 Å². The molecular weight excluding hydrogens is 230 g/mol. The molecular formula is C12H21N5O. The first-order valence-electron chi connectivity index (χ1n) is 6.49. The van der Waals surface area contributed by atoms with Crippen molar-refractivity contribution in [2.75, 3.05) is 11.1 Å². The minimum Gasteiger partial charge on any atom is -0.461 e. The molecule has 0 aromatic carbocycles. The van der Waals surface area contributed by atoms with E-state index in [0.717, 1.165) is 6.42 Å². The first-order valence-corrected chi connectivity index (χ1v) is 6.49.